The molecular formula is C12H20BrN3O2. The molecule has 1 aromatic rings. The fourth-order valence-electron chi connectivity index (χ4n) is 2.37. The van der Waals surface area contributed by atoms with Crippen LogP contribution in [0.2, 0.25) is 0 Å². The van der Waals surface area contributed by atoms with Crippen molar-refractivity contribution >= 4 is 15.9 Å². The number of hydrogen-bond donors (Lipinski definition) is 1. The molecule has 1 aromatic heterocycles. The average molecular weight is 318 g/mol. The predicted molar refractivity (Wildman–Crippen MR) is 72.3 cm³/mol. The van der Waals surface area contributed by atoms with Crippen molar-refractivity contribution in [3.8, 4) is 0 Å². The molecule has 0 amide bonds. The largest absolute Gasteiger partial charge is 0.384 e. The van der Waals surface area contributed by atoms with E-state index in [-0.39, 0.29) is 6.10 Å². The zero-order valence-electron chi connectivity index (χ0n) is 10.8. The minimum Gasteiger partial charge on any atom is -0.384 e. The number of nitrogens with zero attached hydrogens (tertiary/aromatic N) is 3. The van der Waals surface area contributed by atoms with Gasteiger partial charge in [0, 0.05) is 20.1 Å². The van der Waals surface area contributed by atoms with E-state index in [1.807, 2.05) is 7.05 Å². The number of aryl methyl sites for hydroxylation is 1. The van der Waals surface area contributed by atoms with Crippen LogP contribution in [0.4, 0.5) is 0 Å². The van der Waals surface area contributed by atoms with Gasteiger partial charge in [-0.05, 0) is 28.9 Å². The summed E-state index contributed by atoms with van der Waals surface area (Å²) in [6.07, 6.45) is 1.99. The van der Waals surface area contributed by atoms with Crippen molar-refractivity contribution in [2.24, 2.45) is 7.05 Å². The zero-order chi connectivity index (χ0) is 13.1. The van der Waals surface area contributed by atoms with Gasteiger partial charge in [0.15, 0.2) is 0 Å². The van der Waals surface area contributed by atoms with Gasteiger partial charge in [0.25, 0.3) is 0 Å². The smallest absolute Gasteiger partial charge is 0.124 e. The van der Waals surface area contributed by atoms with Crippen LogP contribution in [0.25, 0.3) is 0 Å². The molecule has 1 N–H and O–H groups in total. The molecule has 0 spiro atoms. The Balaban J connectivity index is 2.06. The molecule has 2 unspecified atom stereocenters. The average Bonchev–Trinajstić information content (AvgIpc) is 2.69. The number of ether oxygens (including phenoxy) is 1. The van der Waals surface area contributed by atoms with Crippen molar-refractivity contribution in [1.82, 2.24) is 14.7 Å². The Bertz CT molecular complexity index is 375. The van der Waals surface area contributed by atoms with Gasteiger partial charge in [0.2, 0.25) is 0 Å². The van der Waals surface area contributed by atoms with Crippen LogP contribution in [-0.2, 0) is 11.8 Å². The van der Waals surface area contributed by atoms with E-state index in [1.165, 1.54) is 0 Å². The summed E-state index contributed by atoms with van der Waals surface area (Å²) in [6.45, 7) is 5.62. The highest BCUT2D eigenvalue weighted by atomic mass is 79.9. The molecule has 1 fully saturated rings. The van der Waals surface area contributed by atoms with E-state index in [9.17, 15) is 5.11 Å². The fourth-order valence-corrected chi connectivity index (χ4v) is 2.95. The SMILES string of the molecule is CCCN1CCOC(C(O)c2c(Br)cnn2C)C1. The fraction of sp³-hybridized carbons (Fsp3) is 0.750. The summed E-state index contributed by atoms with van der Waals surface area (Å²) in [4.78, 5) is 2.33. The normalized spacial score (nSPS) is 23.2. The molecule has 0 aliphatic carbocycles. The number of hydrogen-bond acceptors (Lipinski definition) is 4. The molecule has 0 saturated carbocycles. The minimum atomic E-state index is -0.647. The lowest BCUT2D eigenvalue weighted by molar-refractivity contribution is -0.0921. The second-order valence-electron chi connectivity index (χ2n) is 4.66. The third kappa shape index (κ3) is 2.93. The Kier molecular flexibility index (Phi) is 4.77. The van der Waals surface area contributed by atoms with Crippen LogP contribution in [-0.4, -0.2) is 52.1 Å². The number of halogens is 1. The van der Waals surface area contributed by atoms with Gasteiger partial charge in [-0.2, -0.15) is 5.10 Å². The highest BCUT2D eigenvalue weighted by Gasteiger charge is 2.30. The van der Waals surface area contributed by atoms with Crippen molar-refractivity contribution in [2.75, 3.05) is 26.2 Å². The van der Waals surface area contributed by atoms with E-state index in [1.54, 1.807) is 10.9 Å². The van der Waals surface area contributed by atoms with Gasteiger partial charge in [0.05, 0.1) is 23.0 Å². The first kappa shape index (κ1) is 14.0. The Hall–Kier alpha value is -0.430. The van der Waals surface area contributed by atoms with Gasteiger partial charge in [-0.3, -0.25) is 9.58 Å². The van der Waals surface area contributed by atoms with Gasteiger partial charge < -0.3 is 9.84 Å². The molecular weight excluding hydrogens is 298 g/mol. The van der Waals surface area contributed by atoms with E-state index in [0.29, 0.717) is 6.61 Å². The number of aliphatic hydroxyl groups is 1. The van der Waals surface area contributed by atoms with Gasteiger partial charge >= 0.3 is 0 Å². The first-order chi connectivity index (χ1) is 8.63. The van der Waals surface area contributed by atoms with E-state index in [4.69, 9.17) is 4.74 Å². The monoisotopic (exact) mass is 317 g/mol. The summed E-state index contributed by atoms with van der Waals surface area (Å²) in [6, 6.07) is 0. The highest BCUT2D eigenvalue weighted by molar-refractivity contribution is 9.10. The standard InChI is InChI=1S/C12H20BrN3O2/c1-3-4-16-5-6-18-10(8-16)12(17)11-9(13)7-14-15(11)2/h7,10,12,17H,3-6,8H2,1-2H3. The summed E-state index contributed by atoms with van der Waals surface area (Å²) in [5, 5.41) is 14.6. The maximum absolute atomic E-state index is 10.4. The van der Waals surface area contributed by atoms with Crippen LogP contribution in [0.5, 0.6) is 0 Å². The molecule has 1 aliphatic heterocycles. The quantitative estimate of drug-likeness (QED) is 0.910. The van der Waals surface area contributed by atoms with E-state index >= 15 is 0 Å². The molecule has 6 heteroatoms. The second kappa shape index (κ2) is 6.14. The molecule has 0 radical (unpaired) electrons. The number of aromatic nitrogens is 2. The van der Waals surface area contributed by atoms with Crippen molar-refractivity contribution in [3.05, 3.63) is 16.4 Å². The molecule has 0 aromatic carbocycles. The van der Waals surface area contributed by atoms with E-state index < -0.39 is 6.10 Å². The van der Waals surface area contributed by atoms with Crippen LogP contribution in [0.15, 0.2) is 10.7 Å². The molecule has 2 rings (SSSR count). The van der Waals surface area contributed by atoms with Crippen LogP contribution in [0.1, 0.15) is 25.1 Å². The first-order valence-corrected chi connectivity index (χ1v) is 7.12. The predicted octanol–water partition coefficient (Wildman–Crippen LogP) is 1.33. The first-order valence-electron chi connectivity index (χ1n) is 6.33. The van der Waals surface area contributed by atoms with Crippen LogP contribution >= 0.6 is 15.9 Å². The van der Waals surface area contributed by atoms with Crippen molar-refractivity contribution in [2.45, 2.75) is 25.6 Å². The Labute approximate surface area is 116 Å². The maximum Gasteiger partial charge on any atom is 0.124 e. The van der Waals surface area contributed by atoms with E-state index in [2.05, 4.69) is 32.9 Å². The molecule has 2 atom stereocenters. The van der Waals surface area contributed by atoms with Gasteiger partial charge in [0.1, 0.15) is 12.2 Å². The molecule has 18 heavy (non-hydrogen) atoms. The second-order valence-corrected chi connectivity index (χ2v) is 5.51. The Morgan fingerprint density at radius 1 is 1.67 bits per heavy atom. The van der Waals surface area contributed by atoms with Gasteiger partial charge in [-0.1, -0.05) is 6.92 Å². The van der Waals surface area contributed by atoms with Gasteiger partial charge in [-0.15, -0.1) is 0 Å². The number of aliphatic hydroxyl groups excluding tert-OH is 1. The molecule has 0 bridgehead atoms. The summed E-state index contributed by atoms with van der Waals surface area (Å²) in [5.74, 6) is 0. The summed E-state index contributed by atoms with van der Waals surface area (Å²) >= 11 is 3.42. The lowest BCUT2D eigenvalue weighted by Gasteiger charge is -2.35. The molecule has 102 valence electrons. The minimum absolute atomic E-state index is 0.183. The lowest BCUT2D eigenvalue weighted by Crippen LogP contribution is -2.45. The van der Waals surface area contributed by atoms with Crippen molar-refractivity contribution < 1.29 is 9.84 Å². The third-order valence-electron chi connectivity index (χ3n) is 3.29. The van der Waals surface area contributed by atoms with Gasteiger partial charge in [-0.25, -0.2) is 0 Å². The Morgan fingerprint density at radius 2 is 2.44 bits per heavy atom. The highest BCUT2D eigenvalue weighted by Crippen LogP contribution is 2.27. The van der Waals surface area contributed by atoms with Crippen LogP contribution < -0.4 is 0 Å². The number of morpholine rings is 1. The van der Waals surface area contributed by atoms with Crippen LogP contribution in [0, 0.1) is 0 Å². The summed E-state index contributed by atoms with van der Waals surface area (Å²) in [7, 11) is 1.83. The van der Waals surface area contributed by atoms with E-state index in [0.717, 1.165) is 36.2 Å². The molecule has 1 aliphatic rings. The Morgan fingerprint density at radius 3 is 3.06 bits per heavy atom. The third-order valence-corrected chi connectivity index (χ3v) is 3.90. The summed E-state index contributed by atoms with van der Waals surface area (Å²) in [5.41, 5.74) is 0.776. The lowest BCUT2D eigenvalue weighted by atomic mass is 10.1. The van der Waals surface area contributed by atoms with Crippen molar-refractivity contribution in [1.29, 1.82) is 0 Å². The van der Waals surface area contributed by atoms with Crippen LogP contribution in [0.3, 0.4) is 0 Å². The summed E-state index contributed by atoms with van der Waals surface area (Å²) < 4.78 is 8.22. The molecule has 1 saturated heterocycles. The van der Waals surface area contributed by atoms with Crippen molar-refractivity contribution in [3.63, 3.8) is 0 Å². The molecule has 2 heterocycles. The zero-order valence-corrected chi connectivity index (χ0v) is 12.4. The molecule has 5 nitrogen and oxygen atoms in total. The maximum atomic E-state index is 10.4. The topological polar surface area (TPSA) is 50.5 Å². The number of rotatable bonds is 4.